The van der Waals surface area contributed by atoms with E-state index in [9.17, 15) is 9.18 Å². The number of hydrogen-bond donors (Lipinski definition) is 2. The topological polar surface area (TPSA) is 50.4 Å². The van der Waals surface area contributed by atoms with Gasteiger partial charge in [-0.3, -0.25) is 4.79 Å². The summed E-state index contributed by atoms with van der Waals surface area (Å²) < 4.78 is 17.9. The van der Waals surface area contributed by atoms with E-state index in [4.69, 9.17) is 16.5 Å². The zero-order valence-corrected chi connectivity index (χ0v) is 13.1. The number of hydrogen-bond acceptors (Lipinski definition) is 3. The third-order valence-corrected chi connectivity index (χ3v) is 2.61. The summed E-state index contributed by atoms with van der Waals surface area (Å²) in [5, 5.41) is 2.87. The number of halogens is 2. The molecule has 116 valence electrons. The predicted octanol–water partition coefficient (Wildman–Crippen LogP) is 3.19. The van der Waals surface area contributed by atoms with E-state index in [-0.39, 0.29) is 24.6 Å². The van der Waals surface area contributed by atoms with Crippen molar-refractivity contribution in [2.45, 2.75) is 26.3 Å². The SMILES string of the molecule is CC(C)(C)NC(=O)c1ccc(OC/C(=C/F)CNCl)cc1. The van der Waals surface area contributed by atoms with Crippen molar-refractivity contribution in [2.75, 3.05) is 13.2 Å². The average Bonchev–Trinajstić information content (AvgIpc) is 2.42. The Hall–Kier alpha value is -1.59. The summed E-state index contributed by atoms with van der Waals surface area (Å²) in [6.07, 6.45) is 0.459. The molecule has 0 heterocycles. The van der Waals surface area contributed by atoms with Crippen LogP contribution < -0.4 is 14.9 Å². The molecule has 0 spiro atoms. The molecule has 2 N–H and O–H groups in total. The lowest BCUT2D eigenvalue weighted by Crippen LogP contribution is -2.40. The van der Waals surface area contributed by atoms with E-state index in [2.05, 4.69) is 10.2 Å². The molecule has 0 aliphatic carbocycles. The zero-order chi connectivity index (χ0) is 15.9. The third-order valence-electron chi connectivity index (χ3n) is 2.48. The van der Waals surface area contributed by atoms with Gasteiger partial charge in [-0.25, -0.2) is 9.23 Å². The number of benzene rings is 1. The van der Waals surface area contributed by atoms with Gasteiger partial charge >= 0.3 is 0 Å². The molecule has 0 atom stereocenters. The van der Waals surface area contributed by atoms with Gasteiger partial charge < -0.3 is 10.1 Å². The Morgan fingerprint density at radius 2 is 1.95 bits per heavy atom. The highest BCUT2D eigenvalue weighted by molar-refractivity contribution is 6.13. The summed E-state index contributed by atoms with van der Waals surface area (Å²) in [4.78, 5) is 14.3. The molecule has 0 fully saturated rings. The van der Waals surface area contributed by atoms with Gasteiger partial charge in [-0.1, -0.05) is 0 Å². The van der Waals surface area contributed by atoms with Crippen molar-refractivity contribution in [1.82, 2.24) is 10.2 Å². The summed E-state index contributed by atoms with van der Waals surface area (Å²) >= 11 is 5.31. The minimum absolute atomic E-state index is 0.0871. The first-order valence-electron chi connectivity index (χ1n) is 6.52. The van der Waals surface area contributed by atoms with Crippen molar-refractivity contribution in [2.24, 2.45) is 0 Å². The molecular weight excluding hydrogens is 295 g/mol. The first-order valence-corrected chi connectivity index (χ1v) is 6.90. The largest absolute Gasteiger partial charge is 0.489 e. The molecule has 6 heteroatoms. The molecule has 0 aliphatic heterocycles. The molecule has 0 unspecified atom stereocenters. The second kappa shape index (κ2) is 8.00. The van der Waals surface area contributed by atoms with Crippen LogP contribution in [0, 0.1) is 0 Å². The molecule has 0 radical (unpaired) electrons. The normalized spacial score (nSPS) is 12.1. The van der Waals surface area contributed by atoms with Crippen molar-refractivity contribution < 1.29 is 13.9 Å². The molecule has 0 saturated carbocycles. The summed E-state index contributed by atoms with van der Waals surface area (Å²) in [6, 6.07) is 6.66. The van der Waals surface area contributed by atoms with Gasteiger partial charge in [-0.05, 0) is 56.8 Å². The minimum Gasteiger partial charge on any atom is -0.489 e. The van der Waals surface area contributed by atoms with E-state index in [1.807, 2.05) is 20.8 Å². The Morgan fingerprint density at radius 1 is 1.33 bits per heavy atom. The number of rotatable bonds is 6. The Balaban J connectivity index is 2.60. The van der Waals surface area contributed by atoms with Crippen LogP contribution in [0.15, 0.2) is 36.2 Å². The average molecular weight is 315 g/mol. The van der Waals surface area contributed by atoms with Gasteiger partial charge in [0.1, 0.15) is 12.4 Å². The maximum Gasteiger partial charge on any atom is 0.251 e. The minimum atomic E-state index is -0.290. The van der Waals surface area contributed by atoms with E-state index in [0.29, 0.717) is 23.2 Å². The van der Waals surface area contributed by atoms with E-state index < -0.39 is 0 Å². The van der Waals surface area contributed by atoms with Gasteiger partial charge in [0.05, 0.1) is 6.33 Å². The van der Waals surface area contributed by atoms with Crippen molar-refractivity contribution in [3.05, 3.63) is 41.7 Å². The van der Waals surface area contributed by atoms with Crippen LogP contribution in [0.1, 0.15) is 31.1 Å². The predicted molar refractivity (Wildman–Crippen MR) is 82.2 cm³/mol. The van der Waals surface area contributed by atoms with Gasteiger partial charge in [-0.15, -0.1) is 0 Å². The molecule has 0 saturated heterocycles. The lowest BCUT2D eigenvalue weighted by molar-refractivity contribution is 0.0919. The summed E-state index contributed by atoms with van der Waals surface area (Å²) in [5.74, 6) is 0.404. The Labute approximate surface area is 129 Å². The van der Waals surface area contributed by atoms with E-state index in [0.717, 1.165) is 0 Å². The molecule has 0 bridgehead atoms. The van der Waals surface area contributed by atoms with Crippen LogP contribution in [0.5, 0.6) is 5.75 Å². The van der Waals surface area contributed by atoms with Crippen molar-refractivity contribution >= 4 is 17.7 Å². The number of amides is 1. The van der Waals surface area contributed by atoms with Crippen LogP contribution in [-0.4, -0.2) is 24.6 Å². The fourth-order valence-electron chi connectivity index (χ4n) is 1.50. The lowest BCUT2D eigenvalue weighted by atomic mass is 10.1. The molecule has 21 heavy (non-hydrogen) atoms. The fourth-order valence-corrected chi connectivity index (χ4v) is 1.67. The van der Waals surface area contributed by atoms with Gasteiger partial charge in [0.15, 0.2) is 0 Å². The number of carbonyl (C=O) groups is 1. The highest BCUT2D eigenvalue weighted by Crippen LogP contribution is 2.14. The first-order chi connectivity index (χ1) is 9.85. The molecule has 0 aliphatic rings. The highest BCUT2D eigenvalue weighted by atomic mass is 35.5. The van der Waals surface area contributed by atoms with Gasteiger partial charge in [0, 0.05) is 23.2 Å². The number of ether oxygens (including phenoxy) is 1. The van der Waals surface area contributed by atoms with Crippen molar-refractivity contribution in [3.8, 4) is 5.75 Å². The van der Waals surface area contributed by atoms with Crippen LogP contribution in [0.2, 0.25) is 0 Å². The second-order valence-corrected chi connectivity index (χ2v) is 5.86. The van der Waals surface area contributed by atoms with Crippen LogP contribution >= 0.6 is 11.8 Å². The molecule has 1 rings (SSSR count). The van der Waals surface area contributed by atoms with Crippen LogP contribution in [-0.2, 0) is 0 Å². The molecular formula is C15H20ClFN2O2. The first kappa shape index (κ1) is 17.5. The summed E-state index contributed by atoms with van der Waals surface area (Å²) in [5.41, 5.74) is 0.641. The fraction of sp³-hybridized carbons (Fsp3) is 0.400. The highest BCUT2D eigenvalue weighted by Gasteiger charge is 2.15. The van der Waals surface area contributed by atoms with E-state index in [1.165, 1.54) is 0 Å². The summed E-state index contributed by atoms with van der Waals surface area (Å²) in [6.45, 7) is 6.03. The number of carbonyl (C=O) groups excluding carboxylic acids is 1. The maximum absolute atomic E-state index is 12.5. The van der Waals surface area contributed by atoms with Crippen molar-refractivity contribution in [3.63, 3.8) is 0 Å². The smallest absolute Gasteiger partial charge is 0.251 e. The Kier molecular flexibility index (Phi) is 6.65. The third kappa shape index (κ3) is 6.60. The summed E-state index contributed by atoms with van der Waals surface area (Å²) in [7, 11) is 0. The van der Waals surface area contributed by atoms with Gasteiger partial charge in [0.25, 0.3) is 5.91 Å². The number of nitrogens with one attached hydrogen (secondary N) is 2. The van der Waals surface area contributed by atoms with E-state index >= 15 is 0 Å². The van der Waals surface area contributed by atoms with E-state index in [1.54, 1.807) is 24.3 Å². The van der Waals surface area contributed by atoms with Gasteiger partial charge in [-0.2, -0.15) is 0 Å². The zero-order valence-electron chi connectivity index (χ0n) is 12.4. The standard InChI is InChI=1S/C15H20ClFN2O2/c1-15(2,3)19-14(20)12-4-6-13(7-5-12)21-10-11(8-17)9-18-16/h4-8,18H,9-10H2,1-3H3,(H,19,20)/b11-8+. The van der Waals surface area contributed by atoms with Crippen molar-refractivity contribution in [1.29, 1.82) is 0 Å². The lowest BCUT2D eigenvalue weighted by Gasteiger charge is -2.20. The maximum atomic E-state index is 12.5. The monoisotopic (exact) mass is 314 g/mol. The van der Waals surface area contributed by atoms with Gasteiger partial charge in [0.2, 0.25) is 0 Å². The quantitative estimate of drug-likeness (QED) is 0.793. The van der Waals surface area contributed by atoms with Crippen LogP contribution in [0.25, 0.3) is 0 Å². The van der Waals surface area contributed by atoms with Crippen LogP contribution in [0.4, 0.5) is 4.39 Å². The Morgan fingerprint density at radius 3 is 2.43 bits per heavy atom. The molecule has 4 nitrogen and oxygen atoms in total. The molecule has 0 aromatic heterocycles. The molecule has 1 aromatic rings. The van der Waals surface area contributed by atoms with Crippen LogP contribution in [0.3, 0.4) is 0 Å². The second-order valence-electron chi connectivity index (χ2n) is 5.59. The Bertz CT molecular complexity index is 495. The molecule has 1 aromatic carbocycles. The molecule has 1 amide bonds.